The van der Waals surface area contributed by atoms with Crippen molar-refractivity contribution in [3.8, 4) is 0 Å². The van der Waals surface area contributed by atoms with Crippen LogP contribution in [0.4, 0.5) is 5.69 Å². The fourth-order valence-corrected chi connectivity index (χ4v) is 1.82. The molecule has 0 saturated carbocycles. The SMILES string of the molecule is CCOC(=O)CCCNc1ccc(CC(=O)OCC)cc1. The predicted molar refractivity (Wildman–Crippen MR) is 81.1 cm³/mol. The Morgan fingerprint density at radius 3 is 2.24 bits per heavy atom. The molecule has 116 valence electrons. The van der Waals surface area contributed by atoms with Crippen molar-refractivity contribution < 1.29 is 19.1 Å². The second kappa shape index (κ2) is 9.80. The summed E-state index contributed by atoms with van der Waals surface area (Å²) >= 11 is 0. The second-order valence-electron chi connectivity index (χ2n) is 4.51. The van der Waals surface area contributed by atoms with Crippen LogP contribution < -0.4 is 5.32 Å². The largest absolute Gasteiger partial charge is 0.466 e. The second-order valence-corrected chi connectivity index (χ2v) is 4.51. The third-order valence-electron chi connectivity index (χ3n) is 2.80. The predicted octanol–water partition coefficient (Wildman–Crippen LogP) is 2.55. The summed E-state index contributed by atoms with van der Waals surface area (Å²) in [5.41, 5.74) is 1.89. The first-order chi connectivity index (χ1) is 10.2. The first kappa shape index (κ1) is 17.0. The van der Waals surface area contributed by atoms with Crippen molar-refractivity contribution in [2.75, 3.05) is 25.1 Å². The molecule has 0 bridgehead atoms. The van der Waals surface area contributed by atoms with Crippen molar-refractivity contribution in [2.45, 2.75) is 33.1 Å². The third-order valence-corrected chi connectivity index (χ3v) is 2.80. The Morgan fingerprint density at radius 1 is 1.00 bits per heavy atom. The zero-order valence-electron chi connectivity index (χ0n) is 12.7. The van der Waals surface area contributed by atoms with E-state index in [1.54, 1.807) is 13.8 Å². The lowest BCUT2D eigenvalue weighted by Gasteiger charge is -2.07. The normalized spacial score (nSPS) is 10.0. The maximum Gasteiger partial charge on any atom is 0.310 e. The zero-order chi connectivity index (χ0) is 15.5. The minimum absolute atomic E-state index is 0.163. The molecule has 1 rings (SSSR count). The van der Waals surface area contributed by atoms with E-state index in [2.05, 4.69) is 5.32 Å². The molecule has 0 saturated heterocycles. The quantitative estimate of drug-likeness (QED) is 0.560. The van der Waals surface area contributed by atoms with Crippen molar-refractivity contribution >= 4 is 17.6 Å². The summed E-state index contributed by atoms with van der Waals surface area (Å²) in [4.78, 5) is 22.5. The Hall–Kier alpha value is -2.04. The molecule has 21 heavy (non-hydrogen) atoms. The lowest BCUT2D eigenvalue weighted by atomic mass is 10.1. The van der Waals surface area contributed by atoms with Crippen LogP contribution in [-0.4, -0.2) is 31.7 Å². The molecule has 5 nitrogen and oxygen atoms in total. The van der Waals surface area contributed by atoms with E-state index in [1.807, 2.05) is 24.3 Å². The highest BCUT2D eigenvalue weighted by molar-refractivity contribution is 5.72. The Labute approximate surface area is 125 Å². The van der Waals surface area contributed by atoms with E-state index in [4.69, 9.17) is 9.47 Å². The van der Waals surface area contributed by atoms with Gasteiger partial charge in [-0.25, -0.2) is 0 Å². The van der Waals surface area contributed by atoms with Gasteiger partial charge in [0.15, 0.2) is 0 Å². The Balaban J connectivity index is 2.28. The zero-order valence-corrected chi connectivity index (χ0v) is 12.7. The van der Waals surface area contributed by atoms with E-state index in [-0.39, 0.29) is 18.4 Å². The number of rotatable bonds is 9. The molecular formula is C16H23NO4. The van der Waals surface area contributed by atoms with Gasteiger partial charge in [-0.15, -0.1) is 0 Å². The van der Waals surface area contributed by atoms with Crippen LogP contribution in [0.5, 0.6) is 0 Å². The summed E-state index contributed by atoms with van der Waals surface area (Å²) in [5.74, 6) is -0.378. The minimum atomic E-state index is -0.215. The summed E-state index contributed by atoms with van der Waals surface area (Å²) in [6.07, 6.45) is 1.43. The summed E-state index contributed by atoms with van der Waals surface area (Å²) in [5, 5.41) is 3.22. The number of carbonyl (C=O) groups excluding carboxylic acids is 2. The standard InChI is InChI=1S/C16H23NO4/c1-3-20-15(18)6-5-11-17-14-9-7-13(8-10-14)12-16(19)21-4-2/h7-10,17H,3-6,11-12H2,1-2H3. The van der Waals surface area contributed by atoms with Gasteiger partial charge in [-0.05, 0) is 38.0 Å². The van der Waals surface area contributed by atoms with E-state index >= 15 is 0 Å². The van der Waals surface area contributed by atoms with Crippen LogP contribution in [0, 0.1) is 0 Å². The lowest BCUT2D eigenvalue weighted by molar-refractivity contribution is -0.143. The van der Waals surface area contributed by atoms with Crippen molar-refractivity contribution in [3.05, 3.63) is 29.8 Å². The van der Waals surface area contributed by atoms with Gasteiger partial charge in [0.2, 0.25) is 0 Å². The highest BCUT2D eigenvalue weighted by Crippen LogP contribution is 2.11. The van der Waals surface area contributed by atoms with Gasteiger partial charge in [0.25, 0.3) is 0 Å². The Morgan fingerprint density at radius 2 is 1.62 bits per heavy atom. The number of benzene rings is 1. The maximum absolute atomic E-state index is 11.3. The van der Waals surface area contributed by atoms with Crippen molar-refractivity contribution in [3.63, 3.8) is 0 Å². The summed E-state index contributed by atoms with van der Waals surface area (Å²) in [7, 11) is 0. The first-order valence-corrected chi connectivity index (χ1v) is 7.29. The average Bonchev–Trinajstić information content (AvgIpc) is 2.46. The lowest BCUT2D eigenvalue weighted by Crippen LogP contribution is -2.09. The molecule has 0 heterocycles. The molecular weight excluding hydrogens is 270 g/mol. The number of hydrogen-bond acceptors (Lipinski definition) is 5. The molecule has 0 spiro atoms. The summed E-state index contributed by atoms with van der Waals surface area (Å²) < 4.78 is 9.76. The number of esters is 2. The van der Waals surface area contributed by atoms with E-state index in [0.717, 1.165) is 17.7 Å². The van der Waals surface area contributed by atoms with Gasteiger partial charge in [0.1, 0.15) is 0 Å². The molecule has 0 unspecified atom stereocenters. The first-order valence-electron chi connectivity index (χ1n) is 7.29. The van der Waals surface area contributed by atoms with Gasteiger partial charge >= 0.3 is 11.9 Å². The molecule has 0 atom stereocenters. The summed E-state index contributed by atoms with van der Waals surface area (Å²) in [6, 6.07) is 7.62. The molecule has 1 N–H and O–H groups in total. The molecule has 0 aliphatic rings. The van der Waals surface area contributed by atoms with Crippen LogP contribution in [0.3, 0.4) is 0 Å². The Kier molecular flexibility index (Phi) is 7.94. The van der Waals surface area contributed by atoms with Gasteiger partial charge in [-0.3, -0.25) is 9.59 Å². The van der Waals surface area contributed by atoms with Gasteiger partial charge in [0.05, 0.1) is 19.6 Å². The van der Waals surface area contributed by atoms with Gasteiger partial charge in [0, 0.05) is 18.7 Å². The molecule has 0 aromatic heterocycles. The van der Waals surface area contributed by atoms with Crippen molar-refractivity contribution in [1.82, 2.24) is 0 Å². The van der Waals surface area contributed by atoms with Crippen LogP contribution in [0.2, 0.25) is 0 Å². The van der Waals surface area contributed by atoms with Crippen LogP contribution >= 0.6 is 0 Å². The third kappa shape index (κ3) is 7.34. The fourth-order valence-electron chi connectivity index (χ4n) is 1.82. The highest BCUT2D eigenvalue weighted by Gasteiger charge is 2.04. The van der Waals surface area contributed by atoms with Gasteiger partial charge in [-0.2, -0.15) is 0 Å². The van der Waals surface area contributed by atoms with Crippen LogP contribution in [0.1, 0.15) is 32.3 Å². The molecule has 0 amide bonds. The van der Waals surface area contributed by atoms with E-state index in [1.165, 1.54) is 0 Å². The van der Waals surface area contributed by atoms with Crippen LogP contribution in [0.15, 0.2) is 24.3 Å². The molecule has 5 heteroatoms. The van der Waals surface area contributed by atoms with Crippen molar-refractivity contribution in [2.24, 2.45) is 0 Å². The topological polar surface area (TPSA) is 64.6 Å². The molecule has 0 aliphatic heterocycles. The smallest absolute Gasteiger partial charge is 0.310 e. The number of hydrogen-bond donors (Lipinski definition) is 1. The number of nitrogens with one attached hydrogen (secondary N) is 1. The van der Waals surface area contributed by atoms with Crippen LogP contribution in [-0.2, 0) is 25.5 Å². The Bertz CT molecular complexity index is 442. The fraction of sp³-hybridized carbons (Fsp3) is 0.500. The number of carbonyl (C=O) groups is 2. The molecule has 0 radical (unpaired) electrons. The molecule has 1 aromatic rings. The van der Waals surface area contributed by atoms with E-state index in [9.17, 15) is 9.59 Å². The summed E-state index contributed by atoms with van der Waals surface area (Å²) in [6.45, 7) is 5.12. The molecule has 0 aliphatic carbocycles. The molecule has 0 fully saturated rings. The molecule has 1 aromatic carbocycles. The number of ether oxygens (including phenoxy) is 2. The van der Waals surface area contributed by atoms with Crippen LogP contribution in [0.25, 0.3) is 0 Å². The number of anilines is 1. The highest BCUT2D eigenvalue weighted by atomic mass is 16.5. The maximum atomic E-state index is 11.3. The average molecular weight is 293 g/mol. The van der Waals surface area contributed by atoms with Gasteiger partial charge in [-0.1, -0.05) is 12.1 Å². The van der Waals surface area contributed by atoms with Gasteiger partial charge < -0.3 is 14.8 Å². The van der Waals surface area contributed by atoms with E-state index < -0.39 is 0 Å². The van der Waals surface area contributed by atoms with Crippen molar-refractivity contribution in [1.29, 1.82) is 0 Å². The van der Waals surface area contributed by atoms with E-state index in [0.29, 0.717) is 26.2 Å². The monoisotopic (exact) mass is 293 g/mol. The minimum Gasteiger partial charge on any atom is -0.466 e.